The maximum absolute atomic E-state index is 12.6. The van der Waals surface area contributed by atoms with Gasteiger partial charge in [0, 0.05) is 6.54 Å². The standard InChI is InChI=1S/C14H17F3N2S/c1-9(2)4-3-7-18-13-19-11-8-10(14(15,16)17)5-6-12(11)20-13/h5-6,8-9H,3-4,7H2,1-2H3,(H,18,19). The van der Waals surface area contributed by atoms with Crippen molar-refractivity contribution >= 4 is 26.7 Å². The summed E-state index contributed by atoms with van der Waals surface area (Å²) in [6.07, 6.45) is -2.17. The van der Waals surface area contributed by atoms with Gasteiger partial charge in [-0.15, -0.1) is 0 Å². The number of thiazole rings is 1. The first-order chi connectivity index (χ1) is 9.36. The number of fused-ring (bicyclic) bond motifs is 1. The quantitative estimate of drug-likeness (QED) is 0.771. The summed E-state index contributed by atoms with van der Waals surface area (Å²) in [6, 6.07) is 3.68. The van der Waals surface area contributed by atoms with E-state index in [1.54, 1.807) is 0 Å². The average Bonchev–Trinajstić information content (AvgIpc) is 2.74. The Hall–Kier alpha value is -1.30. The first-order valence-electron chi connectivity index (χ1n) is 6.58. The van der Waals surface area contributed by atoms with E-state index in [4.69, 9.17) is 0 Å². The van der Waals surface area contributed by atoms with E-state index in [1.165, 1.54) is 17.4 Å². The fourth-order valence-electron chi connectivity index (χ4n) is 1.89. The van der Waals surface area contributed by atoms with Crippen molar-refractivity contribution in [3.63, 3.8) is 0 Å². The van der Waals surface area contributed by atoms with Crippen LogP contribution < -0.4 is 5.32 Å². The number of benzene rings is 1. The predicted octanol–water partition coefficient (Wildman–Crippen LogP) is 5.16. The van der Waals surface area contributed by atoms with Crippen LogP contribution in [-0.4, -0.2) is 11.5 Å². The molecule has 0 amide bonds. The average molecular weight is 302 g/mol. The van der Waals surface area contributed by atoms with Crippen LogP contribution in [0.5, 0.6) is 0 Å². The summed E-state index contributed by atoms with van der Waals surface area (Å²) in [7, 11) is 0. The molecule has 2 rings (SSSR count). The van der Waals surface area contributed by atoms with Gasteiger partial charge in [0.25, 0.3) is 0 Å². The fourth-order valence-corrected chi connectivity index (χ4v) is 2.76. The number of aromatic nitrogens is 1. The van der Waals surface area contributed by atoms with Crippen LogP contribution in [0.4, 0.5) is 18.3 Å². The van der Waals surface area contributed by atoms with Crippen molar-refractivity contribution in [3.05, 3.63) is 23.8 Å². The lowest BCUT2D eigenvalue weighted by Gasteiger charge is -2.05. The molecule has 1 aromatic heterocycles. The Balaban J connectivity index is 2.06. The Morgan fingerprint density at radius 2 is 2.05 bits per heavy atom. The molecule has 20 heavy (non-hydrogen) atoms. The van der Waals surface area contributed by atoms with E-state index < -0.39 is 11.7 Å². The SMILES string of the molecule is CC(C)CCCNc1nc2cc(C(F)(F)F)ccc2s1. The topological polar surface area (TPSA) is 24.9 Å². The number of nitrogens with zero attached hydrogens (tertiary/aromatic N) is 1. The fraction of sp³-hybridized carbons (Fsp3) is 0.500. The second-order valence-corrected chi connectivity index (χ2v) is 6.19. The minimum absolute atomic E-state index is 0.399. The van der Waals surface area contributed by atoms with Crippen LogP contribution in [0.15, 0.2) is 18.2 Å². The molecule has 0 atom stereocenters. The van der Waals surface area contributed by atoms with Gasteiger partial charge in [0.2, 0.25) is 0 Å². The third-order valence-electron chi connectivity index (χ3n) is 2.95. The van der Waals surface area contributed by atoms with Gasteiger partial charge in [-0.3, -0.25) is 0 Å². The lowest BCUT2D eigenvalue weighted by molar-refractivity contribution is -0.137. The summed E-state index contributed by atoms with van der Waals surface area (Å²) in [5, 5.41) is 3.86. The Morgan fingerprint density at radius 3 is 2.70 bits per heavy atom. The van der Waals surface area contributed by atoms with Gasteiger partial charge in [0.05, 0.1) is 15.8 Å². The summed E-state index contributed by atoms with van der Waals surface area (Å²) >= 11 is 1.39. The maximum Gasteiger partial charge on any atom is 0.416 e. The molecule has 0 aliphatic carbocycles. The van der Waals surface area contributed by atoms with Gasteiger partial charge < -0.3 is 5.32 Å². The second-order valence-electron chi connectivity index (χ2n) is 5.16. The number of rotatable bonds is 5. The number of anilines is 1. The van der Waals surface area contributed by atoms with E-state index in [0.717, 1.165) is 36.2 Å². The molecule has 0 aliphatic rings. The molecule has 2 nitrogen and oxygen atoms in total. The molecule has 0 radical (unpaired) electrons. The minimum atomic E-state index is -4.32. The molecule has 0 aliphatic heterocycles. The Morgan fingerprint density at radius 1 is 1.30 bits per heavy atom. The number of hydrogen-bond donors (Lipinski definition) is 1. The van der Waals surface area contributed by atoms with E-state index in [0.29, 0.717) is 16.6 Å². The van der Waals surface area contributed by atoms with Crippen molar-refractivity contribution in [3.8, 4) is 0 Å². The van der Waals surface area contributed by atoms with Gasteiger partial charge in [0.15, 0.2) is 5.13 Å². The zero-order valence-corrected chi connectivity index (χ0v) is 12.2. The largest absolute Gasteiger partial charge is 0.416 e. The van der Waals surface area contributed by atoms with Crippen LogP contribution in [0, 0.1) is 5.92 Å². The van der Waals surface area contributed by atoms with Gasteiger partial charge in [-0.1, -0.05) is 25.2 Å². The van der Waals surface area contributed by atoms with Gasteiger partial charge in [-0.2, -0.15) is 13.2 Å². The Labute approximate surface area is 120 Å². The van der Waals surface area contributed by atoms with Crippen LogP contribution in [0.3, 0.4) is 0 Å². The highest BCUT2D eigenvalue weighted by molar-refractivity contribution is 7.22. The van der Waals surface area contributed by atoms with E-state index >= 15 is 0 Å². The zero-order valence-electron chi connectivity index (χ0n) is 11.4. The van der Waals surface area contributed by atoms with Gasteiger partial charge in [-0.05, 0) is 37.0 Å². The monoisotopic (exact) mass is 302 g/mol. The zero-order chi connectivity index (χ0) is 14.8. The van der Waals surface area contributed by atoms with Crippen LogP contribution in [0.1, 0.15) is 32.3 Å². The van der Waals surface area contributed by atoms with Crippen LogP contribution in [-0.2, 0) is 6.18 Å². The van der Waals surface area contributed by atoms with Crippen LogP contribution >= 0.6 is 11.3 Å². The van der Waals surface area contributed by atoms with Crippen LogP contribution in [0.25, 0.3) is 10.2 Å². The highest BCUT2D eigenvalue weighted by atomic mass is 32.1. The highest BCUT2D eigenvalue weighted by Crippen LogP contribution is 2.33. The molecule has 0 saturated heterocycles. The molecule has 0 bridgehead atoms. The first-order valence-corrected chi connectivity index (χ1v) is 7.39. The van der Waals surface area contributed by atoms with Crippen molar-refractivity contribution in [2.24, 2.45) is 5.92 Å². The lowest BCUT2D eigenvalue weighted by atomic mass is 10.1. The molecule has 1 N–H and O–H groups in total. The smallest absolute Gasteiger partial charge is 0.361 e. The number of nitrogens with one attached hydrogen (secondary N) is 1. The molecule has 6 heteroatoms. The molecule has 0 fully saturated rings. The summed E-state index contributed by atoms with van der Waals surface area (Å²) in [4.78, 5) is 4.21. The lowest BCUT2D eigenvalue weighted by Crippen LogP contribution is -2.04. The summed E-state index contributed by atoms with van der Waals surface area (Å²) in [5.74, 6) is 0.654. The van der Waals surface area contributed by atoms with E-state index in [-0.39, 0.29) is 0 Å². The van der Waals surface area contributed by atoms with Gasteiger partial charge in [0.1, 0.15) is 0 Å². The van der Waals surface area contributed by atoms with Crippen molar-refractivity contribution in [1.29, 1.82) is 0 Å². The summed E-state index contributed by atoms with van der Waals surface area (Å²) in [5.41, 5.74) is -0.252. The Kier molecular flexibility index (Phi) is 4.52. The second kappa shape index (κ2) is 5.99. The summed E-state index contributed by atoms with van der Waals surface area (Å²) < 4.78 is 38.6. The number of alkyl halides is 3. The van der Waals surface area contributed by atoms with Crippen LogP contribution in [0.2, 0.25) is 0 Å². The molecular formula is C14H17F3N2S. The third-order valence-corrected chi connectivity index (χ3v) is 3.94. The number of hydrogen-bond acceptors (Lipinski definition) is 3. The van der Waals surface area contributed by atoms with Crippen molar-refractivity contribution in [2.75, 3.05) is 11.9 Å². The van der Waals surface area contributed by atoms with E-state index in [1.807, 2.05) is 0 Å². The van der Waals surface area contributed by atoms with Gasteiger partial charge in [-0.25, -0.2) is 4.98 Å². The molecule has 0 unspecified atom stereocenters. The Bertz CT molecular complexity index is 575. The molecule has 0 saturated carbocycles. The third kappa shape index (κ3) is 3.85. The van der Waals surface area contributed by atoms with Crippen molar-refractivity contribution in [1.82, 2.24) is 4.98 Å². The highest BCUT2D eigenvalue weighted by Gasteiger charge is 2.30. The van der Waals surface area contributed by atoms with Crippen molar-refractivity contribution in [2.45, 2.75) is 32.9 Å². The minimum Gasteiger partial charge on any atom is -0.361 e. The molecule has 1 aromatic carbocycles. The molecule has 1 heterocycles. The first kappa shape index (κ1) is 15.1. The number of halogens is 3. The maximum atomic E-state index is 12.6. The molecule has 2 aromatic rings. The molecular weight excluding hydrogens is 285 g/mol. The normalized spacial score (nSPS) is 12.3. The van der Waals surface area contributed by atoms with Gasteiger partial charge >= 0.3 is 6.18 Å². The molecule has 110 valence electrons. The van der Waals surface area contributed by atoms with E-state index in [9.17, 15) is 13.2 Å². The van der Waals surface area contributed by atoms with E-state index in [2.05, 4.69) is 24.1 Å². The summed E-state index contributed by atoms with van der Waals surface area (Å²) in [6.45, 7) is 5.12. The predicted molar refractivity (Wildman–Crippen MR) is 77.2 cm³/mol. The van der Waals surface area contributed by atoms with Crippen molar-refractivity contribution < 1.29 is 13.2 Å². The molecule has 0 spiro atoms.